The van der Waals surface area contributed by atoms with Crippen LogP contribution in [0.3, 0.4) is 0 Å². The average Bonchev–Trinajstić information content (AvgIpc) is 2.69. The summed E-state index contributed by atoms with van der Waals surface area (Å²) < 4.78 is 0. The van der Waals surface area contributed by atoms with Gasteiger partial charge < -0.3 is 11.1 Å². The maximum absolute atomic E-state index is 11.6. The second kappa shape index (κ2) is 5.72. The Morgan fingerprint density at radius 2 is 2.57 bits per heavy atom. The molecule has 0 radical (unpaired) electrons. The molecule has 1 aromatic heterocycles. The number of nitrogens with one attached hydrogen (secondary N) is 1. The van der Waals surface area contributed by atoms with E-state index in [0.717, 1.165) is 12.8 Å². The Hall–Kier alpha value is -0.940. The maximum atomic E-state index is 11.6. The first-order chi connectivity index (χ1) is 6.77. The number of thiazole rings is 1. The van der Waals surface area contributed by atoms with E-state index >= 15 is 0 Å². The lowest BCUT2D eigenvalue weighted by molar-refractivity contribution is 0.0940. The minimum atomic E-state index is -0.0728. The van der Waals surface area contributed by atoms with Crippen LogP contribution in [0.4, 0.5) is 0 Å². The average molecular weight is 213 g/mol. The van der Waals surface area contributed by atoms with Crippen LogP contribution in [-0.4, -0.2) is 23.5 Å². The number of rotatable bonds is 5. The van der Waals surface area contributed by atoms with E-state index in [9.17, 15) is 4.79 Å². The number of carbonyl (C=O) groups excluding carboxylic acids is 1. The van der Waals surface area contributed by atoms with E-state index < -0.39 is 0 Å². The molecule has 3 N–H and O–H groups in total. The topological polar surface area (TPSA) is 68.0 Å². The summed E-state index contributed by atoms with van der Waals surface area (Å²) in [5, 5.41) is 2.88. The quantitative estimate of drug-likeness (QED) is 0.766. The first kappa shape index (κ1) is 11.1. The molecular formula is C9H15N3OS. The highest BCUT2D eigenvalue weighted by Gasteiger charge is 2.12. The number of amides is 1. The van der Waals surface area contributed by atoms with Gasteiger partial charge in [0, 0.05) is 12.6 Å². The molecule has 1 heterocycles. The molecule has 0 aliphatic rings. The van der Waals surface area contributed by atoms with Gasteiger partial charge in [-0.3, -0.25) is 9.78 Å². The predicted molar refractivity (Wildman–Crippen MR) is 57.3 cm³/mol. The van der Waals surface area contributed by atoms with Crippen molar-refractivity contribution in [3.63, 3.8) is 0 Å². The van der Waals surface area contributed by atoms with Crippen LogP contribution in [0.2, 0.25) is 0 Å². The van der Waals surface area contributed by atoms with Crippen molar-refractivity contribution in [2.75, 3.05) is 6.54 Å². The molecule has 1 atom stereocenters. The van der Waals surface area contributed by atoms with Gasteiger partial charge >= 0.3 is 0 Å². The maximum Gasteiger partial charge on any atom is 0.263 e. The molecule has 0 spiro atoms. The lowest BCUT2D eigenvalue weighted by Gasteiger charge is -2.14. The lowest BCUT2D eigenvalue weighted by Crippen LogP contribution is -2.39. The van der Waals surface area contributed by atoms with E-state index in [0.29, 0.717) is 11.4 Å². The van der Waals surface area contributed by atoms with Gasteiger partial charge in [0.1, 0.15) is 4.88 Å². The molecule has 0 fully saturated rings. The van der Waals surface area contributed by atoms with Crippen molar-refractivity contribution in [2.24, 2.45) is 5.73 Å². The highest BCUT2D eigenvalue weighted by molar-refractivity contribution is 7.11. The molecule has 1 unspecified atom stereocenters. The van der Waals surface area contributed by atoms with Crippen LogP contribution in [0.5, 0.6) is 0 Å². The van der Waals surface area contributed by atoms with E-state index in [-0.39, 0.29) is 11.9 Å². The van der Waals surface area contributed by atoms with Crippen molar-refractivity contribution in [2.45, 2.75) is 25.8 Å². The van der Waals surface area contributed by atoms with Crippen LogP contribution < -0.4 is 11.1 Å². The van der Waals surface area contributed by atoms with Gasteiger partial charge in [-0.05, 0) is 6.42 Å². The Kier molecular flexibility index (Phi) is 4.55. The van der Waals surface area contributed by atoms with Crippen molar-refractivity contribution >= 4 is 17.2 Å². The van der Waals surface area contributed by atoms with Crippen LogP contribution >= 0.6 is 11.3 Å². The van der Waals surface area contributed by atoms with Gasteiger partial charge in [0.25, 0.3) is 5.91 Å². The second-order valence-corrected chi connectivity index (χ2v) is 3.95. The van der Waals surface area contributed by atoms with E-state index in [1.54, 1.807) is 11.7 Å². The molecule has 0 aromatic carbocycles. The molecule has 1 rings (SSSR count). The lowest BCUT2D eigenvalue weighted by atomic mass is 10.1. The summed E-state index contributed by atoms with van der Waals surface area (Å²) >= 11 is 1.34. The number of hydrogen-bond donors (Lipinski definition) is 2. The van der Waals surface area contributed by atoms with Crippen LogP contribution in [0.1, 0.15) is 29.4 Å². The van der Waals surface area contributed by atoms with E-state index in [2.05, 4.69) is 17.2 Å². The smallest absolute Gasteiger partial charge is 0.263 e. The molecule has 0 saturated carbocycles. The molecule has 14 heavy (non-hydrogen) atoms. The zero-order valence-electron chi connectivity index (χ0n) is 8.19. The van der Waals surface area contributed by atoms with Gasteiger partial charge in [0.05, 0.1) is 11.7 Å². The fraction of sp³-hybridized carbons (Fsp3) is 0.556. The molecule has 0 bridgehead atoms. The Labute approximate surface area is 87.5 Å². The molecule has 5 heteroatoms. The first-order valence-corrected chi connectivity index (χ1v) is 5.55. The number of aromatic nitrogens is 1. The summed E-state index contributed by atoms with van der Waals surface area (Å²) in [4.78, 5) is 16.0. The zero-order chi connectivity index (χ0) is 10.4. The Bertz CT molecular complexity index is 274. The summed E-state index contributed by atoms with van der Waals surface area (Å²) in [5.41, 5.74) is 7.18. The third-order valence-electron chi connectivity index (χ3n) is 1.91. The minimum absolute atomic E-state index is 0.0728. The SMILES string of the molecule is CCCC(CN)NC(=O)c1cncs1. The molecule has 1 amide bonds. The van der Waals surface area contributed by atoms with E-state index in [1.807, 2.05) is 0 Å². The number of nitrogens with zero attached hydrogens (tertiary/aromatic N) is 1. The third kappa shape index (κ3) is 3.08. The van der Waals surface area contributed by atoms with Gasteiger partial charge in [0.15, 0.2) is 0 Å². The van der Waals surface area contributed by atoms with E-state index in [1.165, 1.54) is 11.3 Å². The largest absolute Gasteiger partial charge is 0.347 e. The third-order valence-corrected chi connectivity index (χ3v) is 2.68. The van der Waals surface area contributed by atoms with Crippen LogP contribution in [0.15, 0.2) is 11.7 Å². The molecule has 0 saturated heterocycles. The summed E-state index contributed by atoms with van der Waals surface area (Å²) in [5.74, 6) is -0.0728. The predicted octanol–water partition coefficient (Wildman–Crippen LogP) is 1.00. The molecular weight excluding hydrogens is 198 g/mol. The van der Waals surface area contributed by atoms with Gasteiger partial charge in [-0.25, -0.2) is 0 Å². The van der Waals surface area contributed by atoms with Crippen molar-refractivity contribution in [3.05, 3.63) is 16.6 Å². The van der Waals surface area contributed by atoms with Crippen molar-refractivity contribution < 1.29 is 4.79 Å². The fourth-order valence-electron chi connectivity index (χ4n) is 1.18. The minimum Gasteiger partial charge on any atom is -0.347 e. The van der Waals surface area contributed by atoms with Crippen LogP contribution in [0, 0.1) is 0 Å². The van der Waals surface area contributed by atoms with Gasteiger partial charge in [0.2, 0.25) is 0 Å². The summed E-state index contributed by atoms with van der Waals surface area (Å²) in [6, 6.07) is 0.0783. The van der Waals surface area contributed by atoms with Gasteiger partial charge in [-0.15, -0.1) is 11.3 Å². The Morgan fingerprint density at radius 1 is 1.79 bits per heavy atom. The molecule has 1 aromatic rings. The Morgan fingerprint density at radius 3 is 3.07 bits per heavy atom. The zero-order valence-corrected chi connectivity index (χ0v) is 9.01. The fourth-order valence-corrected chi connectivity index (χ4v) is 1.70. The van der Waals surface area contributed by atoms with E-state index in [4.69, 9.17) is 5.73 Å². The summed E-state index contributed by atoms with van der Waals surface area (Å²) in [6.07, 6.45) is 3.51. The van der Waals surface area contributed by atoms with Crippen molar-refractivity contribution in [1.29, 1.82) is 0 Å². The molecule has 0 aliphatic heterocycles. The van der Waals surface area contributed by atoms with Crippen molar-refractivity contribution in [3.8, 4) is 0 Å². The first-order valence-electron chi connectivity index (χ1n) is 4.67. The van der Waals surface area contributed by atoms with Crippen LogP contribution in [0.25, 0.3) is 0 Å². The molecule has 0 aliphatic carbocycles. The summed E-state index contributed by atoms with van der Waals surface area (Å²) in [6.45, 7) is 2.56. The van der Waals surface area contributed by atoms with Gasteiger partial charge in [-0.2, -0.15) is 0 Å². The van der Waals surface area contributed by atoms with Gasteiger partial charge in [-0.1, -0.05) is 13.3 Å². The highest BCUT2D eigenvalue weighted by atomic mass is 32.1. The summed E-state index contributed by atoms with van der Waals surface area (Å²) in [7, 11) is 0. The Balaban J connectivity index is 2.47. The number of nitrogens with two attached hydrogens (primary N) is 1. The number of hydrogen-bond acceptors (Lipinski definition) is 4. The number of carbonyl (C=O) groups is 1. The monoisotopic (exact) mass is 213 g/mol. The second-order valence-electron chi connectivity index (χ2n) is 3.06. The normalized spacial score (nSPS) is 12.4. The molecule has 4 nitrogen and oxygen atoms in total. The highest BCUT2D eigenvalue weighted by Crippen LogP contribution is 2.06. The van der Waals surface area contributed by atoms with Crippen LogP contribution in [-0.2, 0) is 0 Å². The van der Waals surface area contributed by atoms with Crippen molar-refractivity contribution in [1.82, 2.24) is 10.3 Å². The molecule has 78 valence electrons. The standard InChI is InChI=1S/C9H15N3OS/c1-2-3-7(4-10)12-9(13)8-5-11-6-14-8/h5-7H,2-4,10H2,1H3,(H,12,13).